The molecule has 86 valence electrons. The quantitative estimate of drug-likeness (QED) is 0.734. The van der Waals surface area contributed by atoms with E-state index in [1.54, 1.807) is 6.92 Å². The number of rotatable bonds is 1. The largest absolute Gasteiger partial charge is 0.488 e. The number of benzene rings is 1. The van der Waals surface area contributed by atoms with Crippen LogP contribution in [0.1, 0.15) is 33.3 Å². The number of hydrogen-bond donors (Lipinski definition) is 1. The SMILES string of the molecule is CC(O)C#Cc1ccc(OC(C)(C)C)cc1. The van der Waals surface area contributed by atoms with E-state index in [-0.39, 0.29) is 5.60 Å². The molecule has 0 fully saturated rings. The fourth-order valence-electron chi connectivity index (χ4n) is 1.15. The average molecular weight is 218 g/mol. The summed E-state index contributed by atoms with van der Waals surface area (Å²) in [6, 6.07) is 7.54. The third kappa shape index (κ3) is 4.86. The van der Waals surface area contributed by atoms with Gasteiger partial charge in [0.1, 0.15) is 17.5 Å². The fraction of sp³-hybridized carbons (Fsp3) is 0.429. The lowest BCUT2D eigenvalue weighted by molar-refractivity contribution is 0.131. The molecule has 0 bridgehead atoms. The Morgan fingerprint density at radius 1 is 1.19 bits per heavy atom. The normalized spacial score (nSPS) is 12.6. The van der Waals surface area contributed by atoms with E-state index in [2.05, 4.69) is 11.8 Å². The summed E-state index contributed by atoms with van der Waals surface area (Å²) < 4.78 is 5.68. The van der Waals surface area contributed by atoms with Crippen molar-refractivity contribution in [3.8, 4) is 17.6 Å². The molecule has 0 saturated carbocycles. The highest BCUT2D eigenvalue weighted by molar-refractivity contribution is 5.38. The summed E-state index contributed by atoms with van der Waals surface area (Å²) in [6.45, 7) is 7.67. The molecule has 1 aromatic rings. The van der Waals surface area contributed by atoms with Crippen molar-refractivity contribution in [3.05, 3.63) is 29.8 Å². The van der Waals surface area contributed by atoms with Gasteiger partial charge in [-0.2, -0.15) is 0 Å². The summed E-state index contributed by atoms with van der Waals surface area (Å²) in [5.74, 6) is 6.40. The Morgan fingerprint density at radius 3 is 2.19 bits per heavy atom. The number of ether oxygens (including phenoxy) is 1. The van der Waals surface area contributed by atoms with Gasteiger partial charge in [0.25, 0.3) is 0 Å². The van der Waals surface area contributed by atoms with Gasteiger partial charge in [-0.25, -0.2) is 0 Å². The van der Waals surface area contributed by atoms with Crippen molar-refractivity contribution in [2.45, 2.75) is 39.4 Å². The highest BCUT2D eigenvalue weighted by Gasteiger charge is 2.10. The van der Waals surface area contributed by atoms with E-state index in [1.807, 2.05) is 45.0 Å². The number of hydrogen-bond acceptors (Lipinski definition) is 2. The molecule has 0 aliphatic carbocycles. The van der Waals surface area contributed by atoms with Crippen LogP contribution in [0.3, 0.4) is 0 Å². The van der Waals surface area contributed by atoms with Crippen LogP contribution in [0.2, 0.25) is 0 Å². The van der Waals surface area contributed by atoms with Crippen molar-refractivity contribution >= 4 is 0 Å². The lowest BCUT2D eigenvalue weighted by Crippen LogP contribution is -2.22. The fourth-order valence-corrected chi connectivity index (χ4v) is 1.15. The topological polar surface area (TPSA) is 29.5 Å². The molecule has 0 spiro atoms. The molecule has 1 atom stereocenters. The predicted molar refractivity (Wildman–Crippen MR) is 65.4 cm³/mol. The van der Waals surface area contributed by atoms with Gasteiger partial charge in [0.2, 0.25) is 0 Å². The predicted octanol–water partition coefficient (Wildman–Crippen LogP) is 2.60. The van der Waals surface area contributed by atoms with Crippen LogP contribution in [-0.4, -0.2) is 16.8 Å². The minimum Gasteiger partial charge on any atom is -0.488 e. The van der Waals surface area contributed by atoms with E-state index < -0.39 is 6.10 Å². The minimum atomic E-state index is -0.592. The summed E-state index contributed by atoms with van der Waals surface area (Å²) in [5.41, 5.74) is 0.689. The summed E-state index contributed by atoms with van der Waals surface area (Å²) in [6.07, 6.45) is -0.592. The van der Waals surface area contributed by atoms with E-state index in [0.717, 1.165) is 11.3 Å². The molecule has 0 aromatic heterocycles. The molecule has 0 amide bonds. The molecular formula is C14H18O2. The van der Waals surface area contributed by atoms with Crippen molar-refractivity contribution in [1.29, 1.82) is 0 Å². The van der Waals surface area contributed by atoms with Gasteiger partial charge >= 0.3 is 0 Å². The molecule has 2 nitrogen and oxygen atoms in total. The number of aliphatic hydroxyl groups excluding tert-OH is 1. The molecule has 1 unspecified atom stereocenters. The standard InChI is InChI=1S/C14H18O2/c1-11(15)5-6-12-7-9-13(10-8-12)16-14(2,3)4/h7-11,15H,1-4H3. The van der Waals surface area contributed by atoms with E-state index in [4.69, 9.17) is 9.84 Å². The first kappa shape index (κ1) is 12.6. The van der Waals surface area contributed by atoms with Crippen molar-refractivity contribution in [3.63, 3.8) is 0 Å². The molecule has 1 rings (SSSR count). The van der Waals surface area contributed by atoms with Gasteiger partial charge in [-0.1, -0.05) is 11.8 Å². The van der Waals surface area contributed by atoms with Gasteiger partial charge < -0.3 is 9.84 Å². The third-order valence-electron chi connectivity index (χ3n) is 1.70. The second-order valence-electron chi connectivity index (χ2n) is 4.68. The maximum absolute atomic E-state index is 9.02. The highest BCUT2D eigenvalue weighted by Crippen LogP contribution is 2.18. The van der Waals surface area contributed by atoms with Crippen LogP contribution in [0.15, 0.2) is 24.3 Å². The van der Waals surface area contributed by atoms with Crippen molar-refractivity contribution in [2.75, 3.05) is 0 Å². The smallest absolute Gasteiger partial charge is 0.120 e. The molecule has 0 aliphatic rings. The minimum absolute atomic E-state index is 0.188. The lowest BCUT2D eigenvalue weighted by atomic mass is 10.1. The summed E-state index contributed by atoms with van der Waals surface area (Å²) in [7, 11) is 0. The van der Waals surface area contributed by atoms with Crippen LogP contribution in [0.4, 0.5) is 0 Å². The van der Waals surface area contributed by atoms with Gasteiger partial charge in [0.05, 0.1) is 0 Å². The zero-order chi connectivity index (χ0) is 12.2. The molecule has 0 radical (unpaired) electrons. The van der Waals surface area contributed by atoms with Gasteiger partial charge in [0.15, 0.2) is 0 Å². The van der Waals surface area contributed by atoms with E-state index in [9.17, 15) is 0 Å². The molecule has 0 saturated heterocycles. The van der Waals surface area contributed by atoms with Crippen LogP contribution in [-0.2, 0) is 0 Å². The van der Waals surface area contributed by atoms with Crippen LogP contribution >= 0.6 is 0 Å². The van der Waals surface area contributed by atoms with E-state index in [0.29, 0.717) is 0 Å². The van der Waals surface area contributed by atoms with E-state index in [1.165, 1.54) is 0 Å². The maximum atomic E-state index is 9.02. The van der Waals surface area contributed by atoms with Crippen LogP contribution in [0.5, 0.6) is 5.75 Å². The monoisotopic (exact) mass is 218 g/mol. The lowest BCUT2D eigenvalue weighted by Gasteiger charge is -2.21. The Kier molecular flexibility index (Phi) is 3.98. The molecule has 0 aliphatic heterocycles. The molecule has 0 heterocycles. The van der Waals surface area contributed by atoms with E-state index >= 15 is 0 Å². The van der Waals surface area contributed by atoms with Gasteiger partial charge in [-0.05, 0) is 52.0 Å². The first-order chi connectivity index (χ1) is 7.37. The van der Waals surface area contributed by atoms with Gasteiger partial charge in [-0.15, -0.1) is 0 Å². The second-order valence-corrected chi connectivity index (χ2v) is 4.68. The first-order valence-corrected chi connectivity index (χ1v) is 5.35. The maximum Gasteiger partial charge on any atom is 0.120 e. The average Bonchev–Trinajstić information content (AvgIpc) is 2.14. The zero-order valence-electron chi connectivity index (χ0n) is 10.2. The van der Waals surface area contributed by atoms with Crippen molar-refractivity contribution in [1.82, 2.24) is 0 Å². The third-order valence-corrected chi connectivity index (χ3v) is 1.70. The Morgan fingerprint density at radius 2 is 1.75 bits per heavy atom. The molecule has 2 heteroatoms. The van der Waals surface area contributed by atoms with Crippen molar-refractivity contribution < 1.29 is 9.84 Å². The molecule has 16 heavy (non-hydrogen) atoms. The summed E-state index contributed by atoms with van der Waals surface area (Å²) in [4.78, 5) is 0. The summed E-state index contributed by atoms with van der Waals surface area (Å²) >= 11 is 0. The van der Waals surface area contributed by atoms with Crippen LogP contribution in [0.25, 0.3) is 0 Å². The highest BCUT2D eigenvalue weighted by atomic mass is 16.5. The Hall–Kier alpha value is -1.46. The number of aliphatic hydroxyl groups is 1. The Balaban J connectivity index is 2.73. The Bertz CT molecular complexity index is 385. The zero-order valence-corrected chi connectivity index (χ0v) is 10.2. The van der Waals surface area contributed by atoms with Crippen molar-refractivity contribution in [2.24, 2.45) is 0 Å². The van der Waals surface area contributed by atoms with Gasteiger partial charge in [0, 0.05) is 5.56 Å². The molecular weight excluding hydrogens is 200 g/mol. The van der Waals surface area contributed by atoms with Crippen LogP contribution in [0, 0.1) is 11.8 Å². The first-order valence-electron chi connectivity index (χ1n) is 5.35. The Labute approximate surface area is 97.3 Å². The molecule has 1 aromatic carbocycles. The van der Waals surface area contributed by atoms with Crippen LogP contribution < -0.4 is 4.74 Å². The second kappa shape index (κ2) is 5.05. The summed E-state index contributed by atoms with van der Waals surface area (Å²) in [5, 5.41) is 9.02. The van der Waals surface area contributed by atoms with Gasteiger partial charge in [-0.3, -0.25) is 0 Å². The molecule has 1 N–H and O–H groups in total.